The fourth-order valence-corrected chi connectivity index (χ4v) is 5.92. The topological polar surface area (TPSA) is 41.3 Å². The van der Waals surface area contributed by atoms with Crippen LogP contribution in [0.25, 0.3) is 0 Å². The smallest absolute Gasteiger partial charge is 0.0361 e. The molecule has 3 rings (SSSR count). The number of nitrogens with one attached hydrogen (secondary N) is 1. The van der Waals surface area contributed by atoms with Gasteiger partial charge in [0.25, 0.3) is 0 Å². The van der Waals surface area contributed by atoms with Crippen molar-refractivity contribution < 1.29 is 0 Å². The summed E-state index contributed by atoms with van der Waals surface area (Å²) in [5.41, 5.74) is 8.71. The SMILES string of the molecule is C=C([C@@H](C)CCC1CCCCC1)N(C)/C(=C\N)C1CCC2NCCCC2C1. The average molecular weight is 374 g/mol. The summed E-state index contributed by atoms with van der Waals surface area (Å²) >= 11 is 0. The minimum absolute atomic E-state index is 0.541. The molecular weight excluding hydrogens is 330 g/mol. The second-order valence-electron chi connectivity index (χ2n) is 9.60. The second kappa shape index (κ2) is 10.0. The van der Waals surface area contributed by atoms with Crippen molar-refractivity contribution in [2.75, 3.05) is 13.6 Å². The Morgan fingerprint density at radius 2 is 1.93 bits per heavy atom. The lowest BCUT2D eigenvalue weighted by Gasteiger charge is -2.42. The number of hydrogen-bond donors (Lipinski definition) is 2. The first-order chi connectivity index (χ1) is 13.1. The van der Waals surface area contributed by atoms with Crippen LogP contribution in [0.3, 0.4) is 0 Å². The van der Waals surface area contributed by atoms with E-state index in [-0.39, 0.29) is 0 Å². The van der Waals surface area contributed by atoms with Crippen molar-refractivity contribution in [3.05, 3.63) is 24.2 Å². The zero-order chi connectivity index (χ0) is 19.2. The van der Waals surface area contributed by atoms with Gasteiger partial charge in [-0.25, -0.2) is 0 Å². The van der Waals surface area contributed by atoms with Crippen LogP contribution < -0.4 is 11.1 Å². The van der Waals surface area contributed by atoms with Crippen molar-refractivity contribution in [3.8, 4) is 0 Å². The molecule has 3 fully saturated rings. The summed E-state index contributed by atoms with van der Waals surface area (Å²) in [7, 11) is 2.20. The maximum atomic E-state index is 6.14. The number of nitrogens with zero attached hydrogens (tertiary/aromatic N) is 1. The molecule has 0 aromatic heterocycles. The van der Waals surface area contributed by atoms with Gasteiger partial charge in [-0.05, 0) is 69.2 Å². The van der Waals surface area contributed by atoms with E-state index in [1.54, 1.807) is 0 Å². The molecular formula is C24H43N3. The van der Waals surface area contributed by atoms with Crippen molar-refractivity contribution >= 4 is 0 Å². The van der Waals surface area contributed by atoms with Crippen molar-refractivity contribution in [1.82, 2.24) is 10.2 Å². The number of nitrogens with two attached hydrogens (primary N) is 1. The molecule has 2 aliphatic carbocycles. The lowest BCUT2D eigenvalue weighted by atomic mass is 9.73. The predicted octanol–water partition coefficient (Wildman–Crippen LogP) is 5.40. The standard InChI is InChI=1S/C24H43N3/c1-18(11-12-20-8-5-4-6-9-20)19(2)27(3)24(17-25)22-13-14-23-21(16-22)10-7-15-26-23/h17-18,20-23,26H,2,4-16,25H2,1,3H3/b24-17-/t18-,21?,22?,23?/m0/s1. The monoisotopic (exact) mass is 373 g/mol. The number of allylic oxidation sites excluding steroid dienone is 2. The van der Waals surface area contributed by atoms with Crippen LogP contribution in [0.1, 0.15) is 84.0 Å². The first kappa shape index (κ1) is 20.8. The largest absolute Gasteiger partial charge is 0.403 e. The highest BCUT2D eigenvalue weighted by Crippen LogP contribution is 2.39. The highest BCUT2D eigenvalue weighted by molar-refractivity contribution is 5.15. The number of rotatable bonds is 7. The molecule has 3 N–H and O–H groups in total. The maximum Gasteiger partial charge on any atom is 0.0361 e. The molecule has 1 saturated heterocycles. The molecule has 2 saturated carbocycles. The van der Waals surface area contributed by atoms with Gasteiger partial charge in [-0.2, -0.15) is 0 Å². The summed E-state index contributed by atoms with van der Waals surface area (Å²) < 4.78 is 0. The molecule has 154 valence electrons. The van der Waals surface area contributed by atoms with Gasteiger partial charge in [0.05, 0.1) is 0 Å². The Morgan fingerprint density at radius 3 is 2.67 bits per heavy atom. The third-order valence-corrected chi connectivity index (χ3v) is 7.85. The Kier molecular flexibility index (Phi) is 7.69. The van der Waals surface area contributed by atoms with Crippen molar-refractivity contribution in [2.45, 2.75) is 90.0 Å². The van der Waals surface area contributed by atoms with Gasteiger partial charge >= 0.3 is 0 Å². The zero-order valence-corrected chi connectivity index (χ0v) is 17.9. The molecule has 3 heteroatoms. The van der Waals surface area contributed by atoms with Gasteiger partial charge in [0.2, 0.25) is 0 Å². The van der Waals surface area contributed by atoms with E-state index in [0.29, 0.717) is 11.8 Å². The van der Waals surface area contributed by atoms with Crippen molar-refractivity contribution in [1.29, 1.82) is 0 Å². The van der Waals surface area contributed by atoms with Crippen LogP contribution in [-0.2, 0) is 0 Å². The van der Waals surface area contributed by atoms with Gasteiger partial charge in [-0.3, -0.25) is 0 Å². The minimum Gasteiger partial charge on any atom is -0.403 e. The number of hydrogen-bond acceptors (Lipinski definition) is 3. The van der Waals surface area contributed by atoms with Crippen LogP contribution >= 0.6 is 0 Å². The summed E-state index contributed by atoms with van der Waals surface area (Å²) in [5.74, 6) is 2.93. The van der Waals surface area contributed by atoms with E-state index in [1.807, 2.05) is 6.20 Å². The van der Waals surface area contributed by atoms with Crippen LogP contribution in [0.4, 0.5) is 0 Å². The van der Waals surface area contributed by atoms with E-state index in [4.69, 9.17) is 5.73 Å². The number of fused-ring (bicyclic) bond motifs is 1. The average Bonchev–Trinajstić information content (AvgIpc) is 2.72. The number of piperidine rings is 1. The molecule has 3 unspecified atom stereocenters. The van der Waals surface area contributed by atoms with Crippen LogP contribution in [0, 0.1) is 23.7 Å². The van der Waals surface area contributed by atoms with E-state index in [9.17, 15) is 0 Å². The summed E-state index contributed by atoms with van der Waals surface area (Å²) in [6.07, 6.45) is 18.3. The van der Waals surface area contributed by atoms with Crippen LogP contribution in [-0.4, -0.2) is 24.5 Å². The van der Waals surface area contributed by atoms with Gasteiger partial charge in [0, 0.05) is 36.6 Å². The van der Waals surface area contributed by atoms with E-state index < -0.39 is 0 Å². The van der Waals surface area contributed by atoms with Gasteiger partial charge in [-0.15, -0.1) is 0 Å². The first-order valence-corrected chi connectivity index (χ1v) is 11.7. The molecule has 3 aliphatic rings. The molecule has 0 bridgehead atoms. The molecule has 0 radical (unpaired) electrons. The van der Waals surface area contributed by atoms with E-state index in [0.717, 1.165) is 17.9 Å². The lowest BCUT2D eigenvalue weighted by Crippen LogP contribution is -2.45. The van der Waals surface area contributed by atoms with Gasteiger partial charge in [0.15, 0.2) is 0 Å². The maximum absolute atomic E-state index is 6.14. The summed E-state index contributed by atoms with van der Waals surface area (Å²) in [4.78, 5) is 2.34. The Balaban J connectivity index is 1.52. The van der Waals surface area contributed by atoms with Crippen molar-refractivity contribution in [3.63, 3.8) is 0 Å². The van der Waals surface area contributed by atoms with Crippen LogP contribution in [0.15, 0.2) is 24.2 Å². The summed E-state index contributed by atoms with van der Waals surface area (Å²) in [6, 6.07) is 0.747. The molecule has 0 spiro atoms. The fourth-order valence-electron chi connectivity index (χ4n) is 5.92. The van der Waals surface area contributed by atoms with Crippen LogP contribution in [0.5, 0.6) is 0 Å². The van der Waals surface area contributed by atoms with E-state index in [1.165, 1.54) is 95.0 Å². The normalized spacial score (nSPS) is 31.2. The Morgan fingerprint density at radius 1 is 1.15 bits per heavy atom. The molecule has 3 nitrogen and oxygen atoms in total. The van der Waals surface area contributed by atoms with Gasteiger partial charge < -0.3 is 16.0 Å². The fraction of sp³-hybridized carbons (Fsp3) is 0.833. The van der Waals surface area contributed by atoms with Crippen LogP contribution in [0.2, 0.25) is 0 Å². The van der Waals surface area contributed by atoms with E-state index >= 15 is 0 Å². The molecule has 0 aromatic carbocycles. The highest BCUT2D eigenvalue weighted by Gasteiger charge is 2.34. The molecule has 0 amide bonds. The summed E-state index contributed by atoms with van der Waals surface area (Å²) in [5, 5.41) is 3.73. The predicted molar refractivity (Wildman–Crippen MR) is 116 cm³/mol. The molecule has 1 heterocycles. The van der Waals surface area contributed by atoms with Gasteiger partial charge in [0.1, 0.15) is 0 Å². The quantitative estimate of drug-likeness (QED) is 0.628. The Labute approximate surface area is 167 Å². The highest BCUT2D eigenvalue weighted by atomic mass is 15.1. The summed E-state index contributed by atoms with van der Waals surface area (Å²) in [6.45, 7) is 8.05. The van der Waals surface area contributed by atoms with Gasteiger partial charge in [-0.1, -0.05) is 45.6 Å². The third kappa shape index (κ3) is 5.31. The molecule has 0 aromatic rings. The van der Waals surface area contributed by atoms with Crippen molar-refractivity contribution in [2.24, 2.45) is 29.4 Å². The third-order valence-electron chi connectivity index (χ3n) is 7.85. The Hall–Kier alpha value is -0.960. The molecule has 1 aliphatic heterocycles. The second-order valence-corrected chi connectivity index (χ2v) is 9.60. The zero-order valence-electron chi connectivity index (χ0n) is 17.9. The van der Waals surface area contributed by atoms with E-state index in [2.05, 4.69) is 30.8 Å². The minimum atomic E-state index is 0.541. The lowest BCUT2D eigenvalue weighted by molar-refractivity contribution is 0.166. The first-order valence-electron chi connectivity index (χ1n) is 11.7. The molecule has 4 atom stereocenters. The Bertz CT molecular complexity index is 506. The molecule has 27 heavy (non-hydrogen) atoms.